The lowest BCUT2D eigenvalue weighted by atomic mass is 10.1. The Labute approximate surface area is 130 Å². The van der Waals surface area contributed by atoms with Crippen LogP contribution in [-0.2, 0) is 0 Å². The highest BCUT2D eigenvalue weighted by Crippen LogP contribution is 2.22. The summed E-state index contributed by atoms with van der Waals surface area (Å²) in [5.74, 6) is -1.21. The number of hydrogen-bond donors (Lipinski definition) is 2. The van der Waals surface area contributed by atoms with Crippen LogP contribution in [0, 0.1) is 13.8 Å². The molecule has 0 unspecified atom stereocenters. The highest BCUT2D eigenvalue weighted by Gasteiger charge is 2.13. The molecule has 0 aliphatic heterocycles. The predicted octanol–water partition coefficient (Wildman–Crippen LogP) is 4.02. The van der Waals surface area contributed by atoms with Crippen molar-refractivity contribution in [3.8, 4) is 0 Å². The number of carbonyl (C=O) groups is 2. The molecule has 4 nitrogen and oxygen atoms in total. The highest BCUT2D eigenvalue weighted by atomic mass is 79.9. The fourth-order valence-electron chi connectivity index (χ4n) is 1.98. The maximum Gasteiger partial charge on any atom is 0.335 e. The van der Waals surface area contributed by atoms with Crippen LogP contribution in [0.1, 0.15) is 31.8 Å². The van der Waals surface area contributed by atoms with Crippen LogP contribution in [0.25, 0.3) is 0 Å². The van der Waals surface area contributed by atoms with E-state index in [0.29, 0.717) is 16.8 Å². The molecular weight excluding hydrogens is 334 g/mol. The van der Waals surface area contributed by atoms with E-state index in [0.717, 1.165) is 10.0 Å². The minimum atomic E-state index is -0.987. The van der Waals surface area contributed by atoms with E-state index >= 15 is 0 Å². The Kier molecular flexibility index (Phi) is 4.43. The van der Waals surface area contributed by atoms with Gasteiger partial charge < -0.3 is 10.4 Å². The maximum atomic E-state index is 12.3. The number of amides is 1. The lowest BCUT2D eigenvalue weighted by Crippen LogP contribution is -2.14. The zero-order valence-corrected chi connectivity index (χ0v) is 13.2. The molecule has 0 atom stereocenters. The summed E-state index contributed by atoms with van der Waals surface area (Å²) in [6, 6.07) is 10.0. The first-order valence-corrected chi connectivity index (χ1v) is 7.10. The highest BCUT2D eigenvalue weighted by molar-refractivity contribution is 9.10. The SMILES string of the molecule is Cc1cc(C(=O)O)ccc1NC(=O)c1cccc(Br)c1C. The molecule has 0 saturated heterocycles. The number of carboxylic acids is 1. The standard InChI is InChI=1S/C16H14BrNO3/c1-9-8-11(16(20)21)6-7-14(9)18-15(19)12-4-3-5-13(17)10(12)2/h3-8H,1-2H3,(H,18,19)(H,20,21). The van der Waals surface area contributed by atoms with Gasteiger partial charge in [0.05, 0.1) is 5.56 Å². The Balaban J connectivity index is 2.28. The third kappa shape index (κ3) is 3.31. The largest absolute Gasteiger partial charge is 0.478 e. The van der Waals surface area contributed by atoms with Gasteiger partial charge in [0, 0.05) is 15.7 Å². The Morgan fingerprint density at radius 1 is 1.14 bits per heavy atom. The van der Waals surface area contributed by atoms with E-state index in [2.05, 4.69) is 21.2 Å². The second-order valence-corrected chi connectivity index (χ2v) is 5.56. The maximum absolute atomic E-state index is 12.3. The molecule has 5 heteroatoms. The topological polar surface area (TPSA) is 66.4 Å². The number of carbonyl (C=O) groups excluding carboxylic acids is 1. The van der Waals surface area contributed by atoms with Crippen LogP contribution in [-0.4, -0.2) is 17.0 Å². The molecule has 2 N–H and O–H groups in total. The lowest BCUT2D eigenvalue weighted by Gasteiger charge is -2.11. The van der Waals surface area contributed by atoms with Gasteiger partial charge in [-0.15, -0.1) is 0 Å². The number of halogens is 1. The molecule has 108 valence electrons. The summed E-state index contributed by atoms with van der Waals surface area (Å²) in [7, 11) is 0. The van der Waals surface area contributed by atoms with E-state index in [9.17, 15) is 9.59 Å². The van der Waals surface area contributed by atoms with Crippen molar-refractivity contribution >= 4 is 33.5 Å². The first-order valence-electron chi connectivity index (χ1n) is 6.30. The Hall–Kier alpha value is -2.14. The molecule has 0 aliphatic carbocycles. The first kappa shape index (κ1) is 15.3. The number of rotatable bonds is 3. The number of anilines is 1. The molecule has 0 bridgehead atoms. The molecule has 1 amide bonds. The minimum Gasteiger partial charge on any atom is -0.478 e. The number of nitrogens with one attached hydrogen (secondary N) is 1. The number of aryl methyl sites for hydroxylation is 1. The fourth-order valence-corrected chi connectivity index (χ4v) is 2.35. The molecule has 2 aromatic rings. The van der Waals surface area contributed by atoms with Gasteiger partial charge in [-0.1, -0.05) is 22.0 Å². The third-order valence-corrected chi connectivity index (χ3v) is 4.09. The summed E-state index contributed by atoms with van der Waals surface area (Å²) < 4.78 is 0.869. The fraction of sp³-hybridized carbons (Fsp3) is 0.125. The van der Waals surface area contributed by atoms with Crippen molar-refractivity contribution in [2.24, 2.45) is 0 Å². The van der Waals surface area contributed by atoms with Crippen molar-refractivity contribution in [3.63, 3.8) is 0 Å². The molecule has 2 rings (SSSR count). The summed E-state index contributed by atoms with van der Waals surface area (Å²) in [5.41, 5.74) is 2.94. The van der Waals surface area contributed by atoms with E-state index in [-0.39, 0.29) is 11.5 Å². The van der Waals surface area contributed by atoms with Crippen molar-refractivity contribution in [3.05, 3.63) is 63.1 Å². The summed E-state index contributed by atoms with van der Waals surface area (Å²) in [6.45, 7) is 3.62. The molecule has 0 fully saturated rings. The number of hydrogen-bond acceptors (Lipinski definition) is 2. The number of aromatic carboxylic acids is 1. The normalized spacial score (nSPS) is 10.2. The van der Waals surface area contributed by atoms with Gasteiger partial charge >= 0.3 is 5.97 Å². The molecule has 21 heavy (non-hydrogen) atoms. The third-order valence-electron chi connectivity index (χ3n) is 3.23. The van der Waals surface area contributed by atoms with Gasteiger partial charge in [0.2, 0.25) is 0 Å². The van der Waals surface area contributed by atoms with Crippen LogP contribution in [0.15, 0.2) is 40.9 Å². The quantitative estimate of drug-likeness (QED) is 0.881. The minimum absolute atomic E-state index is 0.198. The second-order valence-electron chi connectivity index (χ2n) is 4.70. The summed E-state index contributed by atoms with van der Waals surface area (Å²) in [5, 5.41) is 11.7. The molecular formula is C16H14BrNO3. The van der Waals surface area contributed by atoms with Gasteiger partial charge in [-0.25, -0.2) is 4.79 Å². The first-order chi connectivity index (χ1) is 9.90. The van der Waals surface area contributed by atoms with Gasteiger partial charge in [0.1, 0.15) is 0 Å². The van der Waals surface area contributed by atoms with Crippen LogP contribution in [0.3, 0.4) is 0 Å². The lowest BCUT2D eigenvalue weighted by molar-refractivity contribution is 0.0696. The molecule has 0 heterocycles. The van der Waals surface area contributed by atoms with Crippen molar-refractivity contribution < 1.29 is 14.7 Å². The summed E-state index contributed by atoms with van der Waals surface area (Å²) in [4.78, 5) is 23.2. The average molecular weight is 348 g/mol. The van der Waals surface area contributed by atoms with Gasteiger partial charge in [0.25, 0.3) is 5.91 Å². The van der Waals surface area contributed by atoms with Crippen molar-refractivity contribution in [1.29, 1.82) is 0 Å². The van der Waals surface area contributed by atoms with Crippen LogP contribution in [0.4, 0.5) is 5.69 Å². The van der Waals surface area contributed by atoms with Gasteiger partial charge in [-0.05, 0) is 55.3 Å². The zero-order chi connectivity index (χ0) is 15.6. The van der Waals surface area contributed by atoms with Gasteiger partial charge in [-0.2, -0.15) is 0 Å². The Bertz CT molecular complexity index is 725. The molecule has 0 radical (unpaired) electrons. The summed E-state index contributed by atoms with van der Waals surface area (Å²) >= 11 is 3.39. The smallest absolute Gasteiger partial charge is 0.335 e. The Morgan fingerprint density at radius 2 is 1.86 bits per heavy atom. The van der Waals surface area contributed by atoms with E-state index in [4.69, 9.17) is 5.11 Å². The van der Waals surface area contributed by atoms with Crippen molar-refractivity contribution in [1.82, 2.24) is 0 Å². The summed E-state index contributed by atoms with van der Waals surface area (Å²) in [6.07, 6.45) is 0. The van der Waals surface area contributed by atoms with E-state index in [1.165, 1.54) is 12.1 Å². The van der Waals surface area contributed by atoms with Crippen LogP contribution in [0.5, 0.6) is 0 Å². The van der Waals surface area contributed by atoms with Crippen LogP contribution in [0.2, 0.25) is 0 Å². The molecule has 0 saturated carbocycles. The van der Waals surface area contributed by atoms with Crippen LogP contribution >= 0.6 is 15.9 Å². The van der Waals surface area contributed by atoms with Gasteiger partial charge in [0.15, 0.2) is 0 Å². The van der Waals surface area contributed by atoms with E-state index in [1.807, 2.05) is 13.0 Å². The van der Waals surface area contributed by atoms with Crippen molar-refractivity contribution in [2.45, 2.75) is 13.8 Å². The second kappa shape index (κ2) is 6.10. The average Bonchev–Trinajstić information content (AvgIpc) is 2.43. The number of benzene rings is 2. The van der Waals surface area contributed by atoms with E-state index in [1.54, 1.807) is 25.1 Å². The Morgan fingerprint density at radius 3 is 2.48 bits per heavy atom. The molecule has 0 aromatic heterocycles. The van der Waals surface area contributed by atoms with E-state index < -0.39 is 5.97 Å². The predicted molar refractivity (Wildman–Crippen MR) is 85.0 cm³/mol. The number of carboxylic acid groups (broad SMARTS) is 1. The zero-order valence-electron chi connectivity index (χ0n) is 11.6. The van der Waals surface area contributed by atoms with Gasteiger partial charge in [-0.3, -0.25) is 4.79 Å². The molecule has 2 aromatic carbocycles. The van der Waals surface area contributed by atoms with Crippen LogP contribution < -0.4 is 5.32 Å². The molecule has 0 aliphatic rings. The molecule has 0 spiro atoms. The monoisotopic (exact) mass is 347 g/mol. The van der Waals surface area contributed by atoms with Crippen molar-refractivity contribution in [2.75, 3.05) is 5.32 Å².